The predicted molar refractivity (Wildman–Crippen MR) is 205 cm³/mol. The van der Waals surface area contributed by atoms with E-state index in [1.54, 1.807) is 41.7 Å². The molecular formula is C37H51Cl2FN6O3S. The number of carbonyl (C=O) groups excluding carboxylic acids is 1. The van der Waals surface area contributed by atoms with Crippen LogP contribution in [0.4, 0.5) is 10.1 Å². The number of nitrogens with zero attached hydrogens (tertiary/aromatic N) is 4. The molecule has 1 heterocycles. The molecule has 6 rings (SSSR count). The van der Waals surface area contributed by atoms with Crippen LogP contribution < -0.4 is 16.0 Å². The topological polar surface area (TPSA) is 117 Å². The van der Waals surface area contributed by atoms with E-state index in [2.05, 4.69) is 5.10 Å². The minimum Gasteiger partial charge on any atom is -0.365 e. The zero-order valence-electron chi connectivity index (χ0n) is 29.6. The van der Waals surface area contributed by atoms with Gasteiger partial charge in [-0.25, -0.2) is 14.4 Å². The number of hydrogen-bond acceptors (Lipinski definition) is 6. The summed E-state index contributed by atoms with van der Waals surface area (Å²) in [5.74, 6) is 11.2. The number of benzene rings is 3. The summed E-state index contributed by atoms with van der Waals surface area (Å²) in [6.07, 6.45) is 2.79. The van der Waals surface area contributed by atoms with Gasteiger partial charge in [-0.2, -0.15) is 5.10 Å². The predicted octanol–water partition coefficient (Wildman–Crippen LogP) is 7.72. The zero-order chi connectivity index (χ0) is 36.8. The molecule has 0 aromatic heterocycles. The number of ether oxygens (including phenoxy) is 1. The maximum Gasteiger partial charge on any atom is 0.253 e. The highest BCUT2D eigenvalue weighted by molar-refractivity contribution is 7.87. The van der Waals surface area contributed by atoms with Gasteiger partial charge < -0.3 is 15.5 Å². The molecule has 2 aliphatic carbocycles. The molecule has 1 aliphatic heterocycles. The number of para-hydroxylation sites is 1. The van der Waals surface area contributed by atoms with Crippen molar-refractivity contribution in [3.63, 3.8) is 0 Å². The lowest BCUT2D eigenvalue weighted by atomic mass is 9.97. The van der Waals surface area contributed by atoms with Gasteiger partial charge in [-0.15, -0.1) is 0 Å². The first-order valence-corrected chi connectivity index (χ1v) is 19.2. The van der Waals surface area contributed by atoms with Crippen LogP contribution in [0.2, 0.25) is 10.0 Å². The molecular weight excluding hydrogens is 698 g/mol. The molecule has 1 saturated heterocycles. The van der Waals surface area contributed by atoms with Crippen molar-refractivity contribution in [2.75, 3.05) is 24.5 Å². The number of anilines is 1. The number of nitrogens with two attached hydrogens (primary N) is 2. The van der Waals surface area contributed by atoms with Crippen LogP contribution in [0.15, 0.2) is 84.0 Å². The van der Waals surface area contributed by atoms with Crippen LogP contribution >= 0.6 is 23.2 Å². The van der Waals surface area contributed by atoms with Gasteiger partial charge >= 0.3 is 0 Å². The molecule has 3 fully saturated rings. The Morgan fingerprint density at radius 1 is 0.960 bits per heavy atom. The molecule has 3 aromatic carbocycles. The van der Waals surface area contributed by atoms with Crippen LogP contribution in [-0.2, 0) is 20.5 Å². The summed E-state index contributed by atoms with van der Waals surface area (Å²) in [5.41, 5.74) is 1.16. The minimum absolute atomic E-state index is 0.00641. The van der Waals surface area contributed by atoms with Crippen molar-refractivity contribution in [3.05, 3.63) is 100 Å². The van der Waals surface area contributed by atoms with Crippen molar-refractivity contribution in [2.24, 2.45) is 22.7 Å². The number of amides is 1. The second-order valence-corrected chi connectivity index (χ2v) is 14.2. The van der Waals surface area contributed by atoms with Gasteiger partial charge in [-0.05, 0) is 73.6 Å². The van der Waals surface area contributed by atoms with E-state index in [9.17, 15) is 9.00 Å². The van der Waals surface area contributed by atoms with Crippen molar-refractivity contribution in [1.82, 2.24) is 9.91 Å². The van der Waals surface area contributed by atoms with Crippen LogP contribution in [0.1, 0.15) is 71.4 Å². The first kappa shape index (κ1) is 41.2. The lowest BCUT2D eigenvalue weighted by Crippen LogP contribution is -2.58. The van der Waals surface area contributed by atoms with Gasteiger partial charge in [0.25, 0.3) is 5.91 Å². The minimum atomic E-state index is -1.42. The lowest BCUT2D eigenvalue weighted by Gasteiger charge is -2.45. The third-order valence-corrected chi connectivity index (χ3v) is 10.6. The quantitative estimate of drug-likeness (QED) is 0.0950. The Morgan fingerprint density at radius 3 is 2.04 bits per heavy atom. The summed E-state index contributed by atoms with van der Waals surface area (Å²) in [7, 11) is 0.176. The Morgan fingerprint density at radius 2 is 1.54 bits per heavy atom. The third-order valence-electron chi connectivity index (χ3n) is 8.26. The van der Waals surface area contributed by atoms with E-state index < -0.39 is 28.9 Å². The van der Waals surface area contributed by atoms with Crippen LogP contribution in [0, 0.1) is 11.7 Å². The Hall–Kier alpha value is -3.22. The highest BCUT2D eigenvalue weighted by Gasteiger charge is 2.48. The fraction of sp³-hybridized carbons (Fsp3) is 0.459. The van der Waals surface area contributed by atoms with Gasteiger partial charge in [-0.1, -0.05) is 93.4 Å². The van der Waals surface area contributed by atoms with Gasteiger partial charge in [0.1, 0.15) is 28.7 Å². The van der Waals surface area contributed by atoms with Gasteiger partial charge in [0, 0.05) is 23.5 Å². The van der Waals surface area contributed by atoms with Crippen molar-refractivity contribution < 1.29 is 18.1 Å². The molecule has 1 amide bonds. The number of amidine groups is 1. The Bertz CT molecular complexity index is 1530. The van der Waals surface area contributed by atoms with E-state index in [4.69, 9.17) is 39.6 Å². The standard InChI is InChI=1S/C27H34ClFN6O3S.C6H5Cl.2C2H6/c1-33(31)26(32-30)14-25-27(36)35(24(16-38-25)18-8-10-19(28)11-9-18)23(17-6-7-17)15-34(39(37)20-12-13-20)22-5-3-2-4-21(22)29;7-6-4-2-1-3-5-6;2*1-2/h2-5,8-11,17,20,23-25H,6-7,12-16,30-31H2,1H3;1-5H;2*1-2H3/b32-26-;;;. The van der Waals surface area contributed by atoms with Crippen LogP contribution in [0.5, 0.6) is 0 Å². The molecule has 4 N–H and O–H groups in total. The Kier molecular flexibility index (Phi) is 17.0. The molecule has 50 heavy (non-hydrogen) atoms. The first-order valence-electron chi connectivity index (χ1n) is 17.3. The van der Waals surface area contributed by atoms with Gasteiger partial charge in [0.2, 0.25) is 0 Å². The molecule has 2 saturated carbocycles. The van der Waals surface area contributed by atoms with Crippen LogP contribution in [0.25, 0.3) is 0 Å². The van der Waals surface area contributed by atoms with Crippen molar-refractivity contribution in [1.29, 1.82) is 0 Å². The second-order valence-electron chi connectivity index (χ2n) is 11.7. The third kappa shape index (κ3) is 11.4. The van der Waals surface area contributed by atoms with Crippen LogP contribution in [-0.4, -0.2) is 63.5 Å². The summed E-state index contributed by atoms with van der Waals surface area (Å²) >= 11 is 11.7. The van der Waals surface area contributed by atoms with Gasteiger partial charge in [0.15, 0.2) is 0 Å². The summed E-state index contributed by atoms with van der Waals surface area (Å²) in [5, 5.41) is 6.37. The van der Waals surface area contributed by atoms with Crippen molar-refractivity contribution in [3.8, 4) is 0 Å². The SMILES string of the molecule is CC.CC.CN(N)/C(CC1OCC(c2ccc(Cl)cc2)N(C(CN(c2ccccc2F)S(=O)C2CC2)C2CC2)C1=O)=N\N.Clc1ccccc1. The maximum atomic E-state index is 15.0. The molecule has 3 aliphatic rings. The monoisotopic (exact) mass is 748 g/mol. The zero-order valence-corrected chi connectivity index (χ0v) is 31.9. The Balaban J connectivity index is 0.000000535. The van der Waals surface area contributed by atoms with E-state index in [0.717, 1.165) is 36.3 Å². The molecule has 274 valence electrons. The first-order chi connectivity index (χ1) is 24.2. The van der Waals surface area contributed by atoms with Crippen molar-refractivity contribution in [2.45, 2.75) is 83.2 Å². The average Bonchev–Trinajstić information content (AvgIpc) is 4.06. The van der Waals surface area contributed by atoms with Gasteiger partial charge in [0.05, 0.1) is 36.2 Å². The number of halogens is 3. The molecule has 0 spiro atoms. The number of hydrogen-bond donors (Lipinski definition) is 2. The largest absolute Gasteiger partial charge is 0.365 e. The summed E-state index contributed by atoms with van der Waals surface area (Å²) in [6.45, 7) is 8.48. The fourth-order valence-electron chi connectivity index (χ4n) is 5.52. The average molecular weight is 750 g/mol. The van der Waals surface area contributed by atoms with E-state index in [-0.39, 0.29) is 48.4 Å². The summed E-state index contributed by atoms with van der Waals surface area (Å²) in [4.78, 5) is 16.0. The molecule has 4 atom stereocenters. The van der Waals surface area contributed by atoms with Crippen LogP contribution in [0.3, 0.4) is 0 Å². The number of rotatable bonds is 10. The molecule has 0 bridgehead atoms. The molecule has 13 heteroatoms. The number of carbonyl (C=O) groups is 1. The molecule has 4 unspecified atom stereocenters. The number of morpholine rings is 1. The van der Waals surface area contributed by atoms with E-state index in [1.165, 1.54) is 11.1 Å². The van der Waals surface area contributed by atoms with E-state index in [0.29, 0.717) is 10.9 Å². The lowest BCUT2D eigenvalue weighted by molar-refractivity contribution is -0.164. The van der Waals surface area contributed by atoms with E-state index in [1.807, 2.05) is 75.1 Å². The molecule has 9 nitrogen and oxygen atoms in total. The summed E-state index contributed by atoms with van der Waals surface area (Å²) in [6, 6.07) is 22.5. The smallest absolute Gasteiger partial charge is 0.253 e. The second kappa shape index (κ2) is 20.6. The highest BCUT2D eigenvalue weighted by atomic mass is 35.5. The maximum absolute atomic E-state index is 15.0. The molecule has 3 aromatic rings. The highest BCUT2D eigenvalue weighted by Crippen LogP contribution is 2.43. The number of hydrazone groups is 1. The number of hydrazine groups is 1. The normalized spacial score (nSPS) is 19.7. The van der Waals surface area contributed by atoms with E-state index >= 15 is 4.39 Å². The molecule has 0 radical (unpaired) electrons. The fourth-order valence-corrected chi connectivity index (χ4v) is 7.33. The summed E-state index contributed by atoms with van der Waals surface area (Å²) < 4.78 is 36.4. The van der Waals surface area contributed by atoms with Crippen molar-refractivity contribution >= 4 is 51.6 Å². The Labute approximate surface area is 309 Å². The van der Waals surface area contributed by atoms with Gasteiger partial charge in [-0.3, -0.25) is 14.1 Å².